The number of rotatable bonds is 6. The van der Waals surface area contributed by atoms with Gasteiger partial charge in [0.25, 0.3) is 0 Å². The van der Waals surface area contributed by atoms with Gasteiger partial charge in [-0.15, -0.1) is 0 Å². The van der Waals surface area contributed by atoms with Crippen molar-refractivity contribution in [2.75, 3.05) is 20.2 Å². The average Bonchev–Trinajstić information content (AvgIpc) is 2.18. The monoisotopic (exact) mass is 211 g/mol. The molecule has 0 bridgehead atoms. The number of aromatic nitrogens is 2. The molecular formula is C10H17N3O2. The van der Waals surface area contributed by atoms with Crippen LogP contribution in [0, 0.1) is 0 Å². The Morgan fingerprint density at radius 1 is 1.33 bits per heavy atom. The normalized spacial score (nSPS) is 10.4. The minimum absolute atomic E-state index is 0.102. The molecule has 0 atom stereocenters. The molecule has 0 radical (unpaired) electrons. The Balaban J connectivity index is 2.50. The van der Waals surface area contributed by atoms with Gasteiger partial charge in [-0.1, -0.05) is 0 Å². The van der Waals surface area contributed by atoms with Crippen molar-refractivity contribution < 1.29 is 9.47 Å². The molecule has 0 aliphatic heterocycles. The van der Waals surface area contributed by atoms with Crippen LogP contribution in [0.1, 0.15) is 13.8 Å². The molecule has 0 unspecified atom stereocenters. The van der Waals surface area contributed by atoms with Crippen molar-refractivity contribution in [2.45, 2.75) is 20.0 Å². The molecule has 0 saturated carbocycles. The van der Waals surface area contributed by atoms with Crippen molar-refractivity contribution in [1.29, 1.82) is 0 Å². The van der Waals surface area contributed by atoms with E-state index in [9.17, 15) is 0 Å². The first kappa shape index (κ1) is 11.7. The van der Waals surface area contributed by atoms with E-state index in [2.05, 4.69) is 15.3 Å². The molecule has 5 heteroatoms. The lowest BCUT2D eigenvalue weighted by Gasteiger charge is -2.09. The van der Waals surface area contributed by atoms with Gasteiger partial charge < -0.3 is 14.8 Å². The van der Waals surface area contributed by atoms with Crippen LogP contribution in [0.4, 0.5) is 0 Å². The topological polar surface area (TPSA) is 56.3 Å². The maximum Gasteiger partial charge on any atom is 0.220 e. The first-order valence-corrected chi connectivity index (χ1v) is 4.98. The Bertz CT molecular complexity index is 292. The molecule has 0 aliphatic carbocycles. The van der Waals surface area contributed by atoms with Crippen molar-refractivity contribution >= 4 is 0 Å². The highest BCUT2D eigenvalue weighted by atomic mass is 16.5. The van der Waals surface area contributed by atoms with Crippen LogP contribution in [0.3, 0.4) is 0 Å². The van der Waals surface area contributed by atoms with Gasteiger partial charge in [-0.25, -0.2) is 9.97 Å². The summed E-state index contributed by atoms with van der Waals surface area (Å²) in [5.74, 6) is 1.08. The largest absolute Gasteiger partial charge is 0.476 e. The molecule has 5 nitrogen and oxygen atoms in total. The fourth-order valence-electron chi connectivity index (χ4n) is 0.965. The number of ether oxygens (including phenoxy) is 2. The van der Waals surface area contributed by atoms with E-state index in [4.69, 9.17) is 9.47 Å². The van der Waals surface area contributed by atoms with Gasteiger partial charge in [0.2, 0.25) is 11.8 Å². The molecule has 84 valence electrons. The van der Waals surface area contributed by atoms with Crippen LogP contribution in [0.5, 0.6) is 11.8 Å². The maximum atomic E-state index is 5.41. The Kier molecular flexibility index (Phi) is 4.83. The summed E-state index contributed by atoms with van der Waals surface area (Å²) >= 11 is 0. The van der Waals surface area contributed by atoms with Crippen LogP contribution in [0.2, 0.25) is 0 Å². The quantitative estimate of drug-likeness (QED) is 0.707. The van der Waals surface area contributed by atoms with Crippen LogP contribution < -0.4 is 14.8 Å². The van der Waals surface area contributed by atoms with Crippen molar-refractivity contribution in [3.63, 3.8) is 0 Å². The minimum Gasteiger partial charge on any atom is -0.476 e. The van der Waals surface area contributed by atoms with Crippen LogP contribution in [-0.2, 0) is 0 Å². The SMILES string of the molecule is CNCCOc1cc(OC(C)C)ncn1. The molecule has 0 amide bonds. The highest BCUT2D eigenvalue weighted by Gasteiger charge is 2.02. The molecule has 15 heavy (non-hydrogen) atoms. The van der Waals surface area contributed by atoms with E-state index in [1.807, 2.05) is 20.9 Å². The predicted molar refractivity (Wildman–Crippen MR) is 57.2 cm³/mol. The van der Waals surface area contributed by atoms with E-state index >= 15 is 0 Å². The Hall–Kier alpha value is -1.36. The van der Waals surface area contributed by atoms with Crippen molar-refractivity contribution in [3.05, 3.63) is 12.4 Å². The Morgan fingerprint density at radius 3 is 2.73 bits per heavy atom. The Morgan fingerprint density at radius 2 is 2.07 bits per heavy atom. The highest BCUT2D eigenvalue weighted by Crippen LogP contribution is 2.13. The van der Waals surface area contributed by atoms with Crippen LogP contribution in [0.25, 0.3) is 0 Å². The van der Waals surface area contributed by atoms with Gasteiger partial charge in [0, 0.05) is 6.54 Å². The summed E-state index contributed by atoms with van der Waals surface area (Å²) in [6, 6.07) is 1.69. The summed E-state index contributed by atoms with van der Waals surface area (Å²) in [5.41, 5.74) is 0. The van der Waals surface area contributed by atoms with E-state index in [-0.39, 0.29) is 6.10 Å². The highest BCUT2D eigenvalue weighted by molar-refractivity contribution is 5.18. The summed E-state index contributed by atoms with van der Waals surface area (Å²) in [4.78, 5) is 7.96. The molecule has 0 saturated heterocycles. The molecule has 1 heterocycles. The standard InChI is InChI=1S/C10H17N3O2/c1-8(2)15-10-6-9(12-7-13-10)14-5-4-11-3/h6-8,11H,4-5H2,1-3H3. The van der Waals surface area contributed by atoms with Gasteiger partial charge in [-0.05, 0) is 20.9 Å². The molecule has 1 aromatic heterocycles. The number of likely N-dealkylation sites (N-methyl/N-ethyl adjacent to an activating group) is 1. The molecular weight excluding hydrogens is 194 g/mol. The van der Waals surface area contributed by atoms with E-state index in [0.717, 1.165) is 6.54 Å². The van der Waals surface area contributed by atoms with Crippen LogP contribution in [-0.4, -0.2) is 36.3 Å². The number of nitrogens with one attached hydrogen (secondary N) is 1. The molecule has 1 rings (SSSR count). The van der Waals surface area contributed by atoms with E-state index in [1.54, 1.807) is 6.07 Å². The molecule has 1 aromatic rings. The first-order valence-electron chi connectivity index (χ1n) is 4.98. The van der Waals surface area contributed by atoms with Gasteiger partial charge in [0.1, 0.15) is 12.9 Å². The fraction of sp³-hybridized carbons (Fsp3) is 0.600. The Labute approximate surface area is 89.8 Å². The van der Waals surface area contributed by atoms with Gasteiger partial charge >= 0.3 is 0 Å². The smallest absolute Gasteiger partial charge is 0.220 e. The van der Waals surface area contributed by atoms with E-state index in [0.29, 0.717) is 18.4 Å². The fourth-order valence-corrected chi connectivity index (χ4v) is 0.965. The molecule has 0 spiro atoms. The maximum absolute atomic E-state index is 5.41. The lowest BCUT2D eigenvalue weighted by molar-refractivity contribution is 0.228. The zero-order valence-electron chi connectivity index (χ0n) is 9.36. The second kappa shape index (κ2) is 6.19. The second-order valence-electron chi connectivity index (χ2n) is 3.31. The van der Waals surface area contributed by atoms with Gasteiger partial charge in [0.05, 0.1) is 12.2 Å². The van der Waals surface area contributed by atoms with Gasteiger partial charge in [-0.3, -0.25) is 0 Å². The van der Waals surface area contributed by atoms with Crippen molar-refractivity contribution in [1.82, 2.24) is 15.3 Å². The summed E-state index contributed by atoms with van der Waals surface area (Å²) in [7, 11) is 1.87. The van der Waals surface area contributed by atoms with E-state index in [1.165, 1.54) is 6.33 Å². The third-order valence-electron chi connectivity index (χ3n) is 1.58. The van der Waals surface area contributed by atoms with E-state index < -0.39 is 0 Å². The second-order valence-corrected chi connectivity index (χ2v) is 3.31. The van der Waals surface area contributed by atoms with Gasteiger partial charge in [-0.2, -0.15) is 0 Å². The number of nitrogens with zero attached hydrogens (tertiary/aromatic N) is 2. The zero-order valence-corrected chi connectivity index (χ0v) is 9.36. The third kappa shape index (κ3) is 4.60. The minimum atomic E-state index is 0.102. The third-order valence-corrected chi connectivity index (χ3v) is 1.58. The molecule has 0 fully saturated rings. The summed E-state index contributed by atoms with van der Waals surface area (Å²) in [6.45, 7) is 5.26. The first-order chi connectivity index (χ1) is 7.22. The molecule has 0 aliphatic rings. The van der Waals surface area contributed by atoms with Crippen molar-refractivity contribution in [2.24, 2.45) is 0 Å². The summed E-state index contributed by atoms with van der Waals surface area (Å²) in [5, 5.41) is 2.99. The summed E-state index contributed by atoms with van der Waals surface area (Å²) in [6.07, 6.45) is 1.54. The number of hydrogen-bond donors (Lipinski definition) is 1. The number of hydrogen-bond acceptors (Lipinski definition) is 5. The average molecular weight is 211 g/mol. The molecule has 1 N–H and O–H groups in total. The zero-order chi connectivity index (χ0) is 11.1. The van der Waals surface area contributed by atoms with Crippen LogP contribution in [0.15, 0.2) is 12.4 Å². The predicted octanol–water partition coefficient (Wildman–Crippen LogP) is 0.862. The lowest BCUT2D eigenvalue weighted by atomic mass is 10.5. The summed E-state index contributed by atoms with van der Waals surface area (Å²) < 4.78 is 10.8. The van der Waals surface area contributed by atoms with Gasteiger partial charge in [0.15, 0.2) is 0 Å². The van der Waals surface area contributed by atoms with Crippen LogP contribution >= 0.6 is 0 Å². The lowest BCUT2D eigenvalue weighted by Crippen LogP contribution is -2.16. The molecule has 0 aromatic carbocycles. The van der Waals surface area contributed by atoms with Crippen molar-refractivity contribution in [3.8, 4) is 11.8 Å².